The topological polar surface area (TPSA) is 37.3 Å². The van der Waals surface area contributed by atoms with Gasteiger partial charge in [-0.3, -0.25) is 4.79 Å². The van der Waals surface area contributed by atoms with Gasteiger partial charge in [0.15, 0.2) is 0 Å². The first-order valence-electron chi connectivity index (χ1n) is 3.30. The van der Waals surface area contributed by atoms with E-state index in [1.165, 1.54) is 13.8 Å². The Hall–Kier alpha value is -0.600. The fraction of sp³-hybridized carbons (Fsp3) is 0.857. The fourth-order valence-electron chi connectivity index (χ4n) is 0.644. The summed E-state index contributed by atoms with van der Waals surface area (Å²) < 4.78 is 12.8. The quantitative estimate of drug-likeness (QED) is 0.663. The Labute approximate surface area is 60.1 Å². The number of alkyl halides is 1. The summed E-state index contributed by atoms with van der Waals surface area (Å²) in [6, 6.07) is 0. The van der Waals surface area contributed by atoms with Crippen molar-refractivity contribution in [2.75, 3.05) is 0 Å². The molecule has 0 radical (unpaired) electrons. The molecular weight excluding hydrogens is 135 g/mol. The minimum Gasteiger partial charge on any atom is -0.481 e. The summed E-state index contributed by atoms with van der Waals surface area (Å²) in [5.74, 6) is -1.08. The van der Waals surface area contributed by atoms with E-state index in [0.717, 1.165) is 0 Å². The highest BCUT2D eigenvalue weighted by Gasteiger charge is 2.35. The highest BCUT2D eigenvalue weighted by Crippen LogP contribution is 2.25. The monoisotopic (exact) mass is 148 g/mol. The highest BCUT2D eigenvalue weighted by atomic mass is 19.1. The first-order chi connectivity index (χ1) is 4.42. The van der Waals surface area contributed by atoms with E-state index in [9.17, 15) is 9.18 Å². The molecule has 60 valence electrons. The largest absolute Gasteiger partial charge is 0.481 e. The summed E-state index contributed by atoms with van der Waals surface area (Å²) in [5.41, 5.74) is -1.24. The third kappa shape index (κ3) is 1.69. The number of hydrogen-bond acceptors (Lipinski definition) is 1. The maximum absolute atomic E-state index is 12.8. The van der Waals surface area contributed by atoms with Crippen molar-refractivity contribution in [3.63, 3.8) is 0 Å². The van der Waals surface area contributed by atoms with Crippen molar-refractivity contribution < 1.29 is 14.3 Å². The third-order valence-corrected chi connectivity index (χ3v) is 1.69. The summed E-state index contributed by atoms with van der Waals surface area (Å²) >= 11 is 0. The van der Waals surface area contributed by atoms with Gasteiger partial charge in [0.1, 0.15) is 6.17 Å². The maximum Gasteiger partial charge on any atom is 0.312 e. The predicted molar refractivity (Wildman–Crippen MR) is 36.6 cm³/mol. The summed E-state index contributed by atoms with van der Waals surface area (Å²) in [5, 5.41) is 8.50. The van der Waals surface area contributed by atoms with Crippen molar-refractivity contribution in [3.05, 3.63) is 0 Å². The molecule has 1 atom stereocenters. The molecule has 0 aromatic carbocycles. The molecule has 10 heavy (non-hydrogen) atoms. The summed E-state index contributed by atoms with van der Waals surface area (Å²) in [6.07, 6.45) is -1.01. The van der Waals surface area contributed by atoms with Gasteiger partial charge in [-0.15, -0.1) is 0 Å². The van der Waals surface area contributed by atoms with Crippen molar-refractivity contribution in [1.29, 1.82) is 0 Å². The predicted octanol–water partition coefficient (Wildman–Crippen LogP) is 1.85. The molecule has 0 aliphatic rings. The van der Waals surface area contributed by atoms with Gasteiger partial charge in [0.25, 0.3) is 0 Å². The van der Waals surface area contributed by atoms with Crippen LogP contribution in [-0.4, -0.2) is 17.2 Å². The van der Waals surface area contributed by atoms with E-state index in [4.69, 9.17) is 5.11 Å². The van der Waals surface area contributed by atoms with Gasteiger partial charge in [0, 0.05) is 0 Å². The van der Waals surface area contributed by atoms with E-state index in [1.807, 2.05) is 0 Å². The van der Waals surface area contributed by atoms with Crippen LogP contribution in [0.5, 0.6) is 0 Å². The molecule has 0 bridgehead atoms. The molecule has 3 heteroatoms. The van der Waals surface area contributed by atoms with Gasteiger partial charge < -0.3 is 5.11 Å². The average Bonchev–Trinajstić information content (AvgIpc) is 1.86. The summed E-state index contributed by atoms with van der Waals surface area (Å²) in [4.78, 5) is 10.4. The number of carbonyl (C=O) groups is 1. The van der Waals surface area contributed by atoms with Gasteiger partial charge in [0.05, 0.1) is 5.41 Å². The Kier molecular flexibility index (Phi) is 2.81. The summed E-state index contributed by atoms with van der Waals surface area (Å²) in [7, 11) is 0. The van der Waals surface area contributed by atoms with Gasteiger partial charge in [-0.05, 0) is 20.3 Å². The van der Waals surface area contributed by atoms with E-state index in [1.54, 1.807) is 6.92 Å². The SMILES string of the molecule is CCC(F)C(C)(C)C(=O)O. The first kappa shape index (κ1) is 9.40. The van der Waals surface area contributed by atoms with Gasteiger partial charge in [-0.1, -0.05) is 6.92 Å². The minimum atomic E-state index is -1.26. The van der Waals surface area contributed by atoms with Crippen LogP contribution in [-0.2, 0) is 4.79 Å². The molecule has 1 N–H and O–H groups in total. The molecule has 1 unspecified atom stereocenters. The van der Waals surface area contributed by atoms with Gasteiger partial charge >= 0.3 is 5.97 Å². The second kappa shape index (κ2) is 2.99. The van der Waals surface area contributed by atoms with Crippen LogP contribution in [0.15, 0.2) is 0 Å². The lowest BCUT2D eigenvalue weighted by Gasteiger charge is -2.22. The van der Waals surface area contributed by atoms with Crippen LogP contribution in [0.25, 0.3) is 0 Å². The Bertz CT molecular complexity index is 132. The zero-order valence-electron chi connectivity index (χ0n) is 6.52. The zero-order chi connectivity index (χ0) is 8.36. The number of halogens is 1. The maximum atomic E-state index is 12.8. The highest BCUT2D eigenvalue weighted by molar-refractivity contribution is 5.74. The van der Waals surface area contributed by atoms with Crippen LogP contribution in [0, 0.1) is 5.41 Å². The molecule has 0 rings (SSSR count). The lowest BCUT2D eigenvalue weighted by atomic mass is 9.86. The van der Waals surface area contributed by atoms with Crippen LogP contribution < -0.4 is 0 Å². The van der Waals surface area contributed by atoms with Crippen LogP contribution in [0.1, 0.15) is 27.2 Å². The van der Waals surface area contributed by atoms with E-state index in [-0.39, 0.29) is 6.42 Å². The van der Waals surface area contributed by atoms with Crippen molar-refractivity contribution in [2.45, 2.75) is 33.4 Å². The smallest absolute Gasteiger partial charge is 0.312 e. The lowest BCUT2D eigenvalue weighted by Crippen LogP contribution is -2.33. The lowest BCUT2D eigenvalue weighted by molar-refractivity contribution is -0.150. The Morgan fingerprint density at radius 1 is 1.70 bits per heavy atom. The third-order valence-electron chi connectivity index (χ3n) is 1.69. The van der Waals surface area contributed by atoms with Crippen molar-refractivity contribution >= 4 is 5.97 Å². The van der Waals surface area contributed by atoms with Crippen molar-refractivity contribution in [2.24, 2.45) is 5.41 Å². The molecule has 0 saturated carbocycles. The van der Waals surface area contributed by atoms with E-state index < -0.39 is 17.6 Å². The van der Waals surface area contributed by atoms with Crippen molar-refractivity contribution in [1.82, 2.24) is 0 Å². The van der Waals surface area contributed by atoms with Gasteiger partial charge in [-0.25, -0.2) is 4.39 Å². The molecule has 0 aliphatic heterocycles. The molecular formula is C7H13FO2. The average molecular weight is 148 g/mol. The molecule has 0 saturated heterocycles. The second-order valence-corrected chi connectivity index (χ2v) is 2.90. The number of carboxylic acid groups (broad SMARTS) is 1. The number of aliphatic carboxylic acids is 1. The van der Waals surface area contributed by atoms with Crippen LogP contribution in [0.3, 0.4) is 0 Å². The number of carboxylic acids is 1. The van der Waals surface area contributed by atoms with Gasteiger partial charge in [0.2, 0.25) is 0 Å². The van der Waals surface area contributed by atoms with Crippen LogP contribution in [0.4, 0.5) is 4.39 Å². The van der Waals surface area contributed by atoms with Crippen LogP contribution in [0.2, 0.25) is 0 Å². The number of hydrogen-bond donors (Lipinski definition) is 1. The number of rotatable bonds is 3. The Balaban J connectivity index is 4.23. The minimum absolute atomic E-state index is 0.249. The van der Waals surface area contributed by atoms with Crippen molar-refractivity contribution in [3.8, 4) is 0 Å². The second-order valence-electron chi connectivity index (χ2n) is 2.90. The molecule has 0 aliphatic carbocycles. The summed E-state index contributed by atoms with van der Waals surface area (Å²) in [6.45, 7) is 4.42. The van der Waals surface area contributed by atoms with E-state index >= 15 is 0 Å². The standard InChI is InChI=1S/C7H13FO2/c1-4-5(8)7(2,3)6(9)10/h5H,4H2,1-3H3,(H,9,10). The van der Waals surface area contributed by atoms with Crippen LogP contribution >= 0.6 is 0 Å². The molecule has 0 aromatic heterocycles. The molecule has 0 aromatic rings. The molecule has 0 heterocycles. The molecule has 0 fully saturated rings. The van der Waals surface area contributed by atoms with E-state index in [2.05, 4.69) is 0 Å². The van der Waals surface area contributed by atoms with E-state index in [0.29, 0.717) is 0 Å². The van der Waals surface area contributed by atoms with Gasteiger partial charge in [-0.2, -0.15) is 0 Å². The Morgan fingerprint density at radius 3 is 2.20 bits per heavy atom. The first-order valence-corrected chi connectivity index (χ1v) is 3.30. The fourth-order valence-corrected chi connectivity index (χ4v) is 0.644. The molecule has 0 amide bonds. The Morgan fingerprint density at radius 2 is 2.10 bits per heavy atom. The molecule has 0 spiro atoms. The molecule has 2 nitrogen and oxygen atoms in total. The normalized spacial score (nSPS) is 14.8. The zero-order valence-corrected chi connectivity index (χ0v) is 6.52.